The monoisotopic (exact) mass is 354 g/mol. The Morgan fingerprint density at radius 1 is 1.12 bits per heavy atom. The Labute approximate surface area is 151 Å². The van der Waals surface area contributed by atoms with Crippen molar-refractivity contribution in [3.8, 4) is 11.3 Å². The van der Waals surface area contributed by atoms with E-state index in [1.54, 1.807) is 18.2 Å². The molecule has 2 unspecified atom stereocenters. The number of aromatic nitrogens is 1. The first-order chi connectivity index (χ1) is 12.6. The van der Waals surface area contributed by atoms with Gasteiger partial charge in [-0.1, -0.05) is 49.6 Å². The minimum absolute atomic E-state index is 0.0472. The average Bonchev–Trinajstić information content (AvgIpc) is 2.88. The quantitative estimate of drug-likeness (QED) is 0.485. The molecule has 1 heterocycles. The Balaban J connectivity index is 1.93. The number of hydrogen-bond acceptors (Lipinski definition) is 5. The van der Waals surface area contributed by atoms with E-state index in [1.807, 2.05) is 18.2 Å². The number of nitrogens with zero attached hydrogens (tertiary/aromatic N) is 2. The van der Waals surface area contributed by atoms with Crippen LogP contribution in [-0.4, -0.2) is 21.9 Å². The Kier molecular flexibility index (Phi) is 5.46. The SMILES string of the molecule is NC(=O)C1CCCCCC1Nc1ccc([N+](=O)[O-])c(-c2ccccc2)n1. The molecule has 2 aromatic rings. The molecule has 7 nitrogen and oxygen atoms in total. The predicted molar refractivity (Wildman–Crippen MR) is 99.5 cm³/mol. The fourth-order valence-corrected chi connectivity index (χ4v) is 3.50. The van der Waals surface area contributed by atoms with Crippen LogP contribution in [0, 0.1) is 16.0 Å². The number of amides is 1. The van der Waals surface area contributed by atoms with Crippen molar-refractivity contribution in [2.75, 3.05) is 5.32 Å². The normalized spacial score (nSPS) is 20.2. The van der Waals surface area contributed by atoms with E-state index in [1.165, 1.54) is 6.07 Å². The summed E-state index contributed by atoms with van der Waals surface area (Å²) in [5.74, 6) is -0.0446. The molecule has 0 saturated heterocycles. The second-order valence-electron chi connectivity index (χ2n) is 6.59. The largest absolute Gasteiger partial charge is 0.369 e. The van der Waals surface area contributed by atoms with Gasteiger partial charge in [-0.05, 0) is 18.9 Å². The smallest absolute Gasteiger partial charge is 0.295 e. The van der Waals surface area contributed by atoms with E-state index in [2.05, 4.69) is 10.3 Å². The number of anilines is 1. The molecule has 1 aliphatic carbocycles. The molecule has 1 saturated carbocycles. The number of hydrogen-bond donors (Lipinski definition) is 2. The maximum Gasteiger partial charge on any atom is 0.295 e. The number of rotatable bonds is 5. The number of nitrogens with two attached hydrogens (primary N) is 1. The van der Waals surface area contributed by atoms with Gasteiger partial charge in [-0.3, -0.25) is 14.9 Å². The first-order valence-corrected chi connectivity index (χ1v) is 8.83. The number of nitrogens with one attached hydrogen (secondary N) is 1. The third kappa shape index (κ3) is 3.99. The maximum absolute atomic E-state index is 11.8. The summed E-state index contributed by atoms with van der Waals surface area (Å²) in [5, 5.41) is 14.7. The lowest BCUT2D eigenvalue weighted by Crippen LogP contribution is -2.37. The van der Waals surface area contributed by atoms with Crippen LogP contribution >= 0.6 is 0 Å². The molecule has 1 fully saturated rings. The molecule has 1 aromatic carbocycles. The van der Waals surface area contributed by atoms with Crippen LogP contribution in [0.15, 0.2) is 42.5 Å². The highest BCUT2D eigenvalue weighted by Crippen LogP contribution is 2.31. The highest BCUT2D eigenvalue weighted by atomic mass is 16.6. The van der Waals surface area contributed by atoms with E-state index < -0.39 is 4.92 Å². The molecule has 1 aliphatic rings. The van der Waals surface area contributed by atoms with Crippen LogP contribution in [-0.2, 0) is 4.79 Å². The molecule has 0 radical (unpaired) electrons. The second-order valence-corrected chi connectivity index (χ2v) is 6.59. The van der Waals surface area contributed by atoms with E-state index in [0.717, 1.165) is 32.1 Å². The van der Waals surface area contributed by atoms with E-state index in [0.29, 0.717) is 17.1 Å². The van der Waals surface area contributed by atoms with Gasteiger partial charge in [-0.15, -0.1) is 0 Å². The molecule has 2 atom stereocenters. The minimum Gasteiger partial charge on any atom is -0.369 e. The molecule has 26 heavy (non-hydrogen) atoms. The predicted octanol–water partition coefficient (Wildman–Crippen LogP) is 3.50. The summed E-state index contributed by atoms with van der Waals surface area (Å²) in [7, 11) is 0. The summed E-state index contributed by atoms with van der Waals surface area (Å²) >= 11 is 0. The zero-order valence-electron chi connectivity index (χ0n) is 14.4. The Morgan fingerprint density at radius 2 is 1.85 bits per heavy atom. The van der Waals surface area contributed by atoms with Crippen molar-refractivity contribution in [2.45, 2.75) is 38.1 Å². The van der Waals surface area contributed by atoms with Gasteiger partial charge in [-0.2, -0.15) is 0 Å². The van der Waals surface area contributed by atoms with Crippen molar-refractivity contribution in [1.29, 1.82) is 0 Å². The first-order valence-electron chi connectivity index (χ1n) is 8.83. The number of benzene rings is 1. The van der Waals surface area contributed by atoms with Gasteiger partial charge in [0.2, 0.25) is 5.91 Å². The minimum atomic E-state index is -0.434. The highest BCUT2D eigenvalue weighted by molar-refractivity contribution is 5.78. The first kappa shape index (κ1) is 17.8. The molecule has 0 aliphatic heterocycles. The number of carbonyl (C=O) groups is 1. The number of primary amides is 1. The fourth-order valence-electron chi connectivity index (χ4n) is 3.50. The molecule has 0 bridgehead atoms. The van der Waals surface area contributed by atoms with Crippen LogP contribution in [0.3, 0.4) is 0 Å². The summed E-state index contributed by atoms with van der Waals surface area (Å²) < 4.78 is 0. The van der Waals surface area contributed by atoms with Gasteiger partial charge in [0.05, 0.1) is 10.8 Å². The van der Waals surface area contributed by atoms with Crippen LogP contribution in [0.1, 0.15) is 32.1 Å². The average molecular weight is 354 g/mol. The Bertz CT molecular complexity index is 795. The van der Waals surface area contributed by atoms with Gasteiger partial charge in [0.1, 0.15) is 5.82 Å². The Hall–Kier alpha value is -2.96. The topological polar surface area (TPSA) is 111 Å². The van der Waals surface area contributed by atoms with Crippen molar-refractivity contribution in [3.05, 3.63) is 52.6 Å². The van der Waals surface area contributed by atoms with Crippen molar-refractivity contribution in [2.24, 2.45) is 11.7 Å². The van der Waals surface area contributed by atoms with Gasteiger partial charge < -0.3 is 11.1 Å². The summed E-state index contributed by atoms with van der Waals surface area (Å²) in [6, 6.07) is 12.0. The molecule has 1 aromatic heterocycles. The fraction of sp³-hybridized carbons (Fsp3) is 0.368. The van der Waals surface area contributed by atoms with E-state index in [-0.39, 0.29) is 23.6 Å². The highest BCUT2D eigenvalue weighted by Gasteiger charge is 2.29. The lowest BCUT2D eigenvalue weighted by Gasteiger charge is -2.24. The molecule has 3 N–H and O–H groups in total. The van der Waals surface area contributed by atoms with Gasteiger partial charge in [0, 0.05) is 17.7 Å². The summed E-state index contributed by atoms with van der Waals surface area (Å²) in [5.41, 5.74) is 6.52. The molecule has 0 spiro atoms. The maximum atomic E-state index is 11.8. The third-order valence-electron chi connectivity index (χ3n) is 4.83. The molecule has 3 rings (SSSR count). The van der Waals surface area contributed by atoms with E-state index in [9.17, 15) is 14.9 Å². The Morgan fingerprint density at radius 3 is 2.54 bits per heavy atom. The van der Waals surface area contributed by atoms with Crippen molar-refractivity contribution < 1.29 is 9.72 Å². The second kappa shape index (κ2) is 7.95. The number of pyridine rings is 1. The summed E-state index contributed by atoms with van der Waals surface area (Å²) in [6.07, 6.45) is 4.65. The van der Waals surface area contributed by atoms with Gasteiger partial charge in [0.25, 0.3) is 5.69 Å². The molecule has 7 heteroatoms. The summed E-state index contributed by atoms with van der Waals surface area (Å²) in [6.45, 7) is 0. The molecular weight excluding hydrogens is 332 g/mol. The number of nitro groups is 1. The molecular formula is C19H22N4O3. The van der Waals surface area contributed by atoms with Crippen molar-refractivity contribution in [1.82, 2.24) is 4.98 Å². The summed E-state index contributed by atoms with van der Waals surface area (Å²) in [4.78, 5) is 27.2. The molecule has 1 amide bonds. The van der Waals surface area contributed by atoms with Crippen LogP contribution in [0.4, 0.5) is 11.5 Å². The standard InChI is InChI=1S/C19H22N4O3/c20-19(24)14-9-5-2-6-10-15(14)21-17-12-11-16(23(25)26)18(22-17)13-7-3-1-4-8-13/h1,3-4,7-8,11-12,14-15H,2,5-6,9-10H2,(H2,20,24)(H,21,22). The van der Waals surface area contributed by atoms with E-state index >= 15 is 0 Å². The van der Waals surface area contributed by atoms with Crippen LogP contribution in [0.2, 0.25) is 0 Å². The third-order valence-corrected chi connectivity index (χ3v) is 4.83. The van der Waals surface area contributed by atoms with E-state index in [4.69, 9.17) is 5.73 Å². The van der Waals surface area contributed by atoms with Gasteiger partial charge in [-0.25, -0.2) is 4.98 Å². The molecule has 136 valence electrons. The van der Waals surface area contributed by atoms with Crippen LogP contribution < -0.4 is 11.1 Å². The lowest BCUT2D eigenvalue weighted by molar-refractivity contribution is -0.384. The van der Waals surface area contributed by atoms with Gasteiger partial charge in [0.15, 0.2) is 5.69 Å². The van der Waals surface area contributed by atoms with Crippen LogP contribution in [0.25, 0.3) is 11.3 Å². The van der Waals surface area contributed by atoms with Gasteiger partial charge >= 0.3 is 0 Å². The zero-order chi connectivity index (χ0) is 18.5. The van der Waals surface area contributed by atoms with Crippen molar-refractivity contribution >= 4 is 17.4 Å². The lowest BCUT2D eigenvalue weighted by atomic mass is 9.94. The van der Waals surface area contributed by atoms with Crippen LogP contribution in [0.5, 0.6) is 0 Å². The zero-order valence-corrected chi connectivity index (χ0v) is 14.4. The van der Waals surface area contributed by atoms with Crippen molar-refractivity contribution in [3.63, 3.8) is 0 Å². The number of carbonyl (C=O) groups excluding carboxylic acids is 1.